The molecule has 0 bridgehead atoms. The van der Waals surface area contributed by atoms with E-state index in [4.69, 9.17) is 9.05 Å². The highest BCUT2D eigenvalue weighted by Gasteiger charge is 2.18. The van der Waals surface area contributed by atoms with Crippen LogP contribution in [0.4, 0.5) is 0 Å². The van der Waals surface area contributed by atoms with E-state index < -0.39 is 7.60 Å². The van der Waals surface area contributed by atoms with Gasteiger partial charge in [-0.05, 0) is 6.92 Å². The van der Waals surface area contributed by atoms with E-state index in [1.807, 2.05) is 0 Å². The molecule has 0 aromatic heterocycles. The van der Waals surface area contributed by atoms with Crippen molar-refractivity contribution in [3.63, 3.8) is 0 Å². The highest BCUT2D eigenvalue weighted by Crippen LogP contribution is 2.49. The van der Waals surface area contributed by atoms with Gasteiger partial charge in [0, 0.05) is 5.82 Å². The monoisotopic (exact) mass is 202 g/mol. The molecule has 0 aliphatic heterocycles. The SMILES string of the molecule is C=CCOP(=O)(/C=C/C)OCC=C. The molecule has 0 saturated carbocycles. The van der Waals surface area contributed by atoms with Crippen LogP contribution < -0.4 is 0 Å². The van der Waals surface area contributed by atoms with E-state index in [9.17, 15) is 4.57 Å². The first-order valence-corrected chi connectivity index (χ1v) is 5.54. The van der Waals surface area contributed by atoms with E-state index >= 15 is 0 Å². The summed E-state index contributed by atoms with van der Waals surface area (Å²) >= 11 is 0. The summed E-state index contributed by atoms with van der Waals surface area (Å²) in [6, 6.07) is 0. The minimum Gasteiger partial charge on any atom is -0.301 e. The first-order valence-electron chi connectivity index (χ1n) is 3.93. The largest absolute Gasteiger partial charge is 0.354 e. The third kappa shape index (κ3) is 5.58. The summed E-state index contributed by atoms with van der Waals surface area (Å²) < 4.78 is 21.7. The van der Waals surface area contributed by atoms with E-state index in [-0.39, 0.29) is 13.2 Å². The van der Waals surface area contributed by atoms with Gasteiger partial charge >= 0.3 is 7.60 Å². The molecule has 0 rings (SSSR count). The van der Waals surface area contributed by atoms with Crippen LogP contribution in [0.25, 0.3) is 0 Å². The Bertz CT molecular complexity index is 217. The predicted octanol–water partition coefficient (Wildman–Crippen LogP) is 3.12. The lowest BCUT2D eigenvalue weighted by molar-refractivity contribution is 0.246. The van der Waals surface area contributed by atoms with Gasteiger partial charge in [-0.3, -0.25) is 4.57 Å². The number of hydrogen-bond donors (Lipinski definition) is 0. The van der Waals surface area contributed by atoms with Crippen molar-refractivity contribution in [1.82, 2.24) is 0 Å². The zero-order valence-electron chi connectivity index (χ0n) is 7.81. The van der Waals surface area contributed by atoms with Gasteiger partial charge in [0.05, 0.1) is 13.2 Å². The molecule has 0 unspecified atom stereocenters. The normalized spacial score (nSPS) is 11.8. The van der Waals surface area contributed by atoms with E-state index in [0.29, 0.717) is 0 Å². The second kappa shape index (κ2) is 6.84. The van der Waals surface area contributed by atoms with Crippen molar-refractivity contribution in [2.45, 2.75) is 6.92 Å². The number of allylic oxidation sites excluding steroid dienone is 1. The van der Waals surface area contributed by atoms with E-state index in [1.165, 1.54) is 18.0 Å². The van der Waals surface area contributed by atoms with Crippen molar-refractivity contribution in [3.05, 3.63) is 37.2 Å². The van der Waals surface area contributed by atoms with Gasteiger partial charge in [0.25, 0.3) is 0 Å². The molecule has 0 aromatic rings. The maximum Gasteiger partial charge on any atom is 0.354 e. The Morgan fingerprint density at radius 3 is 2.00 bits per heavy atom. The molecule has 0 saturated heterocycles. The summed E-state index contributed by atoms with van der Waals surface area (Å²) in [5.74, 6) is 1.42. The summed E-state index contributed by atoms with van der Waals surface area (Å²) in [5.41, 5.74) is 0. The Hall–Kier alpha value is -0.630. The Labute approximate surface area is 79.3 Å². The number of hydrogen-bond acceptors (Lipinski definition) is 3. The standard InChI is InChI=1S/C9H15O3P/c1-4-7-11-13(10,9-6-3)12-8-5-2/h4-6,9H,1-2,7-8H2,3H3/b9-6+. The van der Waals surface area contributed by atoms with Gasteiger partial charge in [-0.1, -0.05) is 18.2 Å². The molecule has 0 aliphatic carbocycles. The van der Waals surface area contributed by atoms with Crippen LogP contribution in [0.15, 0.2) is 37.2 Å². The minimum atomic E-state index is -3.08. The van der Waals surface area contributed by atoms with Gasteiger partial charge in [-0.15, -0.1) is 13.2 Å². The van der Waals surface area contributed by atoms with Crippen LogP contribution >= 0.6 is 7.60 Å². The molecule has 0 spiro atoms. The number of rotatable bonds is 7. The van der Waals surface area contributed by atoms with Crippen molar-refractivity contribution in [3.8, 4) is 0 Å². The fourth-order valence-corrected chi connectivity index (χ4v) is 1.86. The molecule has 0 heterocycles. The lowest BCUT2D eigenvalue weighted by atomic mass is 10.7. The Morgan fingerprint density at radius 2 is 1.69 bits per heavy atom. The van der Waals surface area contributed by atoms with Crippen LogP contribution in [-0.2, 0) is 13.6 Å². The lowest BCUT2D eigenvalue weighted by Crippen LogP contribution is -1.93. The molecule has 0 fully saturated rings. The maximum absolute atomic E-state index is 11.7. The van der Waals surface area contributed by atoms with Crippen LogP contribution in [0, 0.1) is 0 Å². The lowest BCUT2D eigenvalue weighted by Gasteiger charge is -2.12. The van der Waals surface area contributed by atoms with E-state index in [1.54, 1.807) is 13.0 Å². The second-order valence-electron chi connectivity index (χ2n) is 2.19. The fourth-order valence-electron chi connectivity index (χ4n) is 0.619. The second-order valence-corrected chi connectivity index (χ2v) is 4.09. The summed E-state index contributed by atoms with van der Waals surface area (Å²) in [7, 11) is -3.08. The van der Waals surface area contributed by atoms with Gasteiger partial charge in [0.15, 0.2) is 0 Å². The Morgan fingerprint density at radius 1 is 1.23 bits per heavy atom. The molecule has 0 amide bonds. The molecular weight excluding hydrogens is 187 g/mol. The quantitative estimate of drug-likeness (QED) is 0.470. The molecule has 0 aliphatic rings. The average Bonchev–Trinajstić information content (AvgIpc) is 2.12. The van der Waals surface area contributed by atoms with Crippen LogP contribution in [0.2, 0.25) is 0 Å². The Balaban J connectivity index is 4.23. The molecule has 4 heteroatoms. The van der Waals surface area contributed by atoms with Gasteiger partial charge in [0.1, 0.15) is 0 Å². The molecule has 0 N–H and O–H groups in total. The van der Waals surface area contributed by atoms with E-state index in [0.717, 1.165) is 0 Å². The van der Waals surface area contributed by atoms with Crippen LogP contribution in [0.1, 0.15) is 6.92 Å². The van der Waals surface area contributed by atoms with Crippen LogP contribution in [0.5, 0.6) is 0 Å². The predicted molar refractivity (Wildman–Crippen MR) is 54.7 cm³/mol. The third-order valence-corrected chi connectivity index (χ3v) is 2.76. The minimum absolute atomic E-state index is 0.207. The van der Waals surface area contributed by atoms with Gasteiger partial charge < -0.3 is 9.05 Å². The first-order chi connectivity index (χ1) is 6.18. The highest BCUT2D eigenvalue weighted by molar-refractivity contribution is 7.57. The van der Waals surface area contributed by atoms with E-state index in [2.05, 4.69) is 13.2 Å². The summed E-state index contributed by atoms with van der Waals surface area (Å²) in [6.45, 7) is 9.08. The van der Waals surface area contributed by atoms with Gasteiger partial charge in [-0.2, -0.15) is 0 Å². The molecule has 0 radical (unpaired) electrons. The van der Waals surface area contributed by atoms with Crippen LogP contribution in [0.3, 0.4) is 0 Å². The van der Waals surface area contributed by atoms with Crippen molar-refractivity contribution in [2.24, 2.45) is 0 Å². The fraction of sp³-hybridized carbons (Fsp3) is 0.333. The molecule has 0 aromatic carbocycles. The van der Waals surface area contributed by atoms with Crippen LogP contribution in [-0.4, -0.2) is 13.2 Å². The Kier molecular flexibility index (Phi) is 6.51. The summed E-state index contributed by atoms with van der Waals surface area (Å²) in [6.07, 6.45) is 4.67. The topological polar surface area (TPSA) is 35.5 Å². The molecule has 3 nitrogen and oxygen atoms in total. The zero-order valence-corrected chi connectivity index (χ0v) is 8.70. The third-order valence-electron chi connectivity index (χ3n) is 1.08. The van der Waals surface area contributed by atoms with Gasteiger partial charge in [0.2, 0.25) is 0 Å². The van der Waals surface area contributed by atoms with Gasteiger partial charge in [-0.25, -0.2) is 0 Å². The maximum atomic E-state index is 11.7. The molecule has 13 heavy (non-hydrogen) atoms. The first kappa shape index (κ1) is 12.4. The summed E-state index contributed by atoms with van der Waals surface area (Å²) in [4.78, 5) is 0. The molecule has 74 valence electrons. The van der Waals surface area contributed by atoms with Crippen molar-refractivity contribution < 1.29 is 13.6 Å². The average molecular weight is 202 g/mol. The summed E-state index contributed by atoms with van der Waals surface area (Å²) in [5, 5.41) is 0. The molecule has 0 atom stereocenters. The van der Waals surface area contributed by atoms with Crippen molar-refractivity contribution in [2.75, 3.05) is 13.2 Å². The zero-order chi connectivity index (χ0) is 10.2. The molecular formula is C9H15O3P. The van der Waals surface area contributed by atoms with Crippen molar-refractivity contribution >= 4 is 7.60 Å². The highest BCUT2D eigenvalue weighted by atomic mass is 31.2. The smallest absolute Gasteiger partial charge is 0.301 e. The van der Waals surface area contributed by atoms with Crippen molar-refractivity contribution in [1.29, 1.82) is 0 Å².